The van der Waals surface area contributed by atoms with Gasteiger partial charge in [-0.15, -0.1) is 0 Å². The number of aromatic nitrogens is 3. The van der Waals surface area contributed by atoms with Crippen LogP contribution in [0.2, 0.25) is 0 Å². The van der Waals surface area contributed by atoms with Crippen LogP contribution in [0.4, 0.5) is 0 Å². The SMILES string of the molecule is Cc1ccc(C2(NC(=O)c3cnn4cc(C5CC5)cnc34)CCOC2)cc1. The molecule has 6 nitrogen and oxygen atoms in total. The van der Waals surface area contributed by atoms with Crippen molar-refractivity contribution in [3.63, 3.8) is 0 Å². The summed E-state index contributed by atoms with van der Waals surface area (Å²) in [5.41, 5.74) is 4.04. The van der Waals surface area contributed by atoms with Crippen LogP contribution in [0.1, 0.15) is 52.2 Å². The molecule has 2 aromatic heterocycles. The maximum atomic E-state index is 13.1. The Morgan fingerprint density at radius 1 is 1.26 bits per heavy atom. The minimum atomic E-state index is -0.507. The van der Waals surface area contributed by atoms with Crippen molar-refractivity contribution in [2.24, 2.45) is 0 Å². The lowest BCUT2D eigenvalue weighted by Crippen LogP contribution is -2.46. The lowest BCUT2D eigenvalue weighted by molar-refractivity contribution is 0.0877. The van der Waals surface area contributed by atoms with Crippen LogP contribution in [0.25, 0.3) is 5.65 Å². The second-order valence-corrected chi connectivity index (χ2v) is 7.69. The van der Waals surface area contributed by atoms with Gasteiger partial charge in [-0.3, -0.25) is 4.79 Å². The lowest BCUT2D eigenvalue weighted by Gasteiger charge is -2.29. The van der Waals surface area contributed by atoms with E-state index in [0.717, 1.165) is 12.0 Å². The van der Waals surface area contributed by atoms with Gasteiger partial charge in [-0.2, -0.15) is 5.10 Å². The van der Waals surface area contributed by atoms with Crippen molar-refractivity contribution in [3.05, 3.63) is 65.1 Å². The van der Waals surface area contributed by atoms with Crippen LogP contribution in [0, 0.1) is 6.92 Å². The van der Waals surface area contributed by atoms with Crippen LogP contribution in [0.15, 0.2) is 42.9 Å². The molecule has 1 unspecified atom stereocenters. The Balaban J connectivity index is 1.46. The maximum Gasteiger partial charge on any atom is 0.257 e. The zero-order chi connectivity index (χ0) is 18.4. The molecule has 1 N–H and O–H groups in total. The van der Waals surface area contributed by atoms with Crippen LogP contribution in [0.5, 0.6) is 0 Å². The van der Waals surface area contributed by atoms with Gasteiger partial charge in [0.2, 0.25) is 0 Å². The highest BCUT2D eigenvalue weighted by molar-refractivity contribution is 6.00. The third kappa shape index (κ3) is 2.90. The summed E-state index contributed by atoms with van der Waals surface area (Å²) in [7, 11) is 0. The maximum absolute atomic E-state index is 13.1. The van der Waals surface area contributed by atoms with Crippen LogP contribution < -0.4 is 5.32 Å². The monoisotopic (exact) mass is 362 g/mol. The number of amides is 1. The highest BCUT2D eigenvalue weighted by Crippen LogP contribution is 2.39. The average molecular weight is 362 g/mol. The summed E-state index contributed by atoms with van der Waals surface area (Å²) in [5, 5.41) is 7.57. The summed E-state index contributed by atoms with van der Waals surface area (Å²) in [6, 6.07) is 8.27. The van der Waals surface area contributed by atoms with Gasteiger partial charge >= 0.3 is 0 Å². The number of carbonyl (C=O) groups is 1. The zero-order valence-electron chi connectivity index (χ0n) is 15.3. The minimum Gasteiger partial charge on any atom is -0.379 e. The molecular formula is C21H22N4O2. The minimum absolute atomic E-state index is 0.164. The number of carbonyl (C=O) groups excluding carboxylic acids is 1. The average Bonchev–Trinajstić information content (AvgIpc) is 3.27. The fourth-order valence-corrected chi connectivity index (χ4v) is 3.80. The molecule has 1 amide bonds. The van der Waals surface area contributed by atoms with Gasteiger partial charge < -0.3 is 10.1 Å². The van der Waals surface area contributed by atoms with Crippen LogP contribution >= 0.6 is 0 Å². The van der Waals surface area contributed by atoms with E-state index in [1.165, 1.54) is 24.0 Å². The predicted octanol–water partition coefficient (Wildman–Crippen LogP) is 2.96. The molecule has 1 saturated heterocycles. The first kappa shape index (κ1) is 16.4. The Kier molecular flexibility index (Phi) is 3.75. The third-order valence-electron chi connectivity index (χ3n) is 5.65. The van der Waals surface area contributed by atoms with E-state index < -0.39 is 5.54 Å². The largest absolute Gasteiger partial charge is 0.379 e. The molecule has 1 aromatic carbocycles. The first-order chi connectivity index (χ1) is 13.1. The van der Waals surface area contributed by atoms with Crippen molar-refractivity contribution in [2.75, 3.05) is 13.2 Å². The van der Waals surface area contributed by atoms with Crippen molar-refractivity contribution < 1.29 is 9.53 Å². The standard InChI is InChI=1S/C21H22N4O2/c1-14-2-6-17(7-3-14)21(8-9-27-13-21)24-20(26)18-11-23-25-12-16(15-4-5-15)10-22-19(18)25/h2-3,6-7,10-12,15H,4-5,8-9,13H2,1H3,(H,24,26). The molecule has 2 aliphatic rings. The summed E-state index contributed by atoms with van der Waals surface area (Å²) >= 11 is 0. The number of nitrogens with zero attached hydrogens (tertiary/aromatic N) is 3. The summed E-state index contributed by atoms with van der Waals surface area (Å²) in [4.78, 5) is 17.6. The molecular weight excluding hydrogens is 340 g/mol. The van der Waals surface area contributed by atoms with Gasteiger partial charge in [0.05, 0.1) is 18.3 Å². The van der Waals surface area contributed by atoms with Crippen molar-refractivity contribution in [1.82, 2.24) is 19.9 Å². The molecule has 0 bridgehead atoms. The molecule has 3 aromatic rings. The Hall–Kier alpha value is -2.73. The smallest absolute Gasteiger partial charge is 0.257 e. The Bertz CT molecular complexity index is 999. The molecule has 0 radical (unpaired) electrons. The molecule has 6 heteroatoms. The fourth-order valence-electron chi connectivity index (χ4n) is 3.80. The predicted molar refractivity (Wildman–Crippen MR) is 101 cm³/mol. The van der Waals surface area contributed by atoms with Gasteiger partial charge in [-0.05, 0) is 36.8 Å². The van der Waals surface area contributed by atoms with E-state index in [1.807, 2.05) is 12.4 Å². The number of aryl methyl sites for hydroxylation is 1. The first-order valence-corrected chi connectivity index (χ1v) is 9.45. The quantitative estimate of drug-likeness (QED) is 0.775. The Morgan fingerprint density at radius 2 is 2.07 bits per heavy atom. The number of nitrogens with one attached hydrogen (secondary N) is 1. The number of fused-ring (bicyclic) bond motifs is 1. The van der Waals surface area contributed by atoms with Crippen molar-refractivity contribution >= 4 is 11.6 Å². The second-order valence-electron chi connectivity index (χ2n) is 7.69. The molecule has 138 valence electrons. The molecule has 1 saturated carbocycles. The number of rotatable bonds is 4. The van der Waals surface area contributed by atoms with Gasteiger partial charge in [0, 0.05) is 25.4 Å². The van der Waals surface area contributed by atoms with E-state index in [1.54, 1.807) is 10.7 Å². The van der Waals surface area contributed by atoms with E-state index >= 15 is 0 Å². The fraction of sp³-hybridized carbons (Fsp3) is 0.381. The molecule has 2 fully saturated rings. The van der Waals surface area contributed by atoms with Crippen molar-refractivity contribution in [2.45, 2.75) is 37.6 Å². The summed E-state index contributed by atoms with van der Waals surface area (Å²) in [5.74, 6) is 0.437. The molecule has 27 heavy (non-hydrogen) atoms. The van der Waals surface area contributed by atoms with E-state index in [2.05, 4.69) is 46.6 Å². The molecule has 0 spiro atoms. The lowest BCUT2D eigenvalue weighted by atomic mass is 9.88. The van der Waals surface area contributed by atoms with Gasteiger partial charge in [-0.25, -0.2) is 9.50 Å². The highest BCUT2D eigenvalue weighted by Gasteiger charge is 2.39. The van der Waals surface area contributed by atoms with Gasteiger partial charge in [-0.1, -0.05) is 29.8 Å². The molecule has 1 aliphatic carbocycles. The van der Waals surface area contributed by atoms with Crippen LogP contribution in [-0.2, 0) is 10.3 Å². The number of hydrogen-bond acceptors (Lipinski definition) is 4. The highest BCUT2D eigenvalue weighted by atomic mass is 16.5. The van der Waals surface area contributed by atoms with E-state index in [-0.39, 0.29) is 5.91 Å². The van der Waals surface area contributed by atoms with Gasteiger partial charge in [0.15, 0.2) is 5.65 Å². The third-order valence-corrected chi connectivity index (χ3v) is 5.65. The summed E-state index contributed by atoms with van der Waals surface area (Å²) < 4.78 is 7.36. The number of benzene rings is 1. The zero-order valence-corrected chi connectivity index (χ0v) is 15.3. The van der Waals surface area contributed by atoms with Crippen molar-refractivity contribution in [1.29, 1.82) is 0 Å². The second kappa shape index (κ2) is 6.16. The summed E-state index contributed by atoms with van der Waals surface area (Å²) in [6.45, 7) is 3.16. The molecule has 5 rings (SSSR count). The van der Waals surface area contributed by atoms with Gasteiger partial charge in [0.1, 0.15) is 5.56 Å². The first-order valence-electron chi connectivity index (χ1n) is 9.45. The van der Waals surface area contributed by atoms with E-state index in [4.69, 9.17) is 4.74 Å². The molecule has 3 heterocycles. The van der Waals surface area contributed by atoms with E-state index in [9.17, 15) is 4.79 Å². The topological polar surface area (TPSA) is 68.5 Å². The van der Waals surface area contributed by atoms with Crippen molar-refractivity contribution in [3.8, 4) is 0 Å². The molecule has 1 atom stereocenters. The Labute approximate surface area is 157 Å². The number of hydrogen-bond donors (Lipinski definition) is 1. The Morgan fingerprint density at radius 3 is 2.78 bits per heavy atom. The number of ether oxygens (including phenoxy) is 1. The van der Waals surface area contributed by atoms with Crippen LogP contribution in [0.3, 0.4) is 0 Å². The summed E-state index contributed by atoms with van der Waals surface area (Å²) in [6.07, 6.45) is 8.64. The van der Waals surface area contributed by atoms with E-state index in [0.29, 0.717) is 30.3 Å². The normalized spacial score (nSPS) is 22.3. The molecule has 1 aliphatic heterocycles. The van der Waals surface area contributed by atoms with Crippen LogP contribution in [-0.4, -0.2) is 33.7 Å². The van der Waals surface area contributed by atoms with Gasteiger partial charge in [0.25, 0.3) is 5.91 Å².